The Kier molecular flexibility index (Phi) is 3.84. The average molecular weight is 288 g/mol. The van der Waals surface area contributed by atoms with Crippen molar-refractivity contribution in [3.8, 4) is 0 Å². The van der Waals surface area contributed by atoms with Gasteiger partial charge in [-0.15, -0.1) is 0 Å². The van der Waals surface area contributed by atoms with Crippen LogP contribution in [0.25, 0.3) is 6.08 Å². The molecule has 0 saturated heterocycles. The standard InChI is InChI=1S/C20H16O2/c1-14-16(13-7-10-15-8-3-2-4-9-15)20(22)18-12-6-5-11-17(18)19(14)21/h2-12H,13H2,1H3. The molecule has 108 valence electrons. The number of ketones is 2. The summed E-state index contributed by atoms with van der Waals surface area (Å²) >= 11 is 0. The lowest BCUT2D eigenvalue weighted by atomic mass is 9.83. The van der Waals surface area contributed by atoms with E-state index < -0.39 is 0 Å². The van der Waals surface area contributed by atoms with Crippen LogP contribution in [0.15, 0.2) is 71.8 Å². The summed E-state index contributed by atoms with van der Waals surface area (Å²) in [6.45, 7) is 1.74. The molecule has 1 aliphatic carbocycles. The highest BCUT2D eigenvalue weighted by molar-refractivity contribution is 6.26. The molecule has 0 heterocycles. The molecule has 22 heavy (non-hydrogen) atoms. The smallest absolute Gasteiger partial charge is 0.190 e. The minimum atomic E-state index is -0.0432. The number of allylic oxidation sites excluding steroid dienone is 3. The van der Waals surface area contributed by atoms with E-state index in [2.05, 4.69) is 0 Å². The highest BCUT2D eigenvalue weighted by atomic mass is 16.1. The zero-order valence-corrected chi connectivity index (χ0v) is 12.4. The van der Waals surface area contributed by atoms with Gasteiger partial charge in [0.25, 0.3) is 0 Å². The number of carbonyl (C=O) groups is 2. The summed E-state index contributed by atoms with van der Waals surface area (Å²) in [6, 6.07) is 16.9. The average Bonchev–Trinajstić information content (AvgIpc) is 2.57. The van der Waals surface area contributed by atoms with Crippen molar-refractivity contribution >= 4 is 17.6 Å². The van der Waals surface area contributed by atoms with Crippen LogP contribution < -0.4 is 0 Å². The largest absolute Gasteiger partial charge is 0.289 e. The van der Waals surface area contributed by atoms with Gasteiger partial charge in [-0.1, -0.05) is 66.7 Å². The minimum absolute atomic E-state index is 0.0367. The molecule has 3 rings (SSSR count). The van der Waals surface area contributed by atoms with Crippen LogP contribution in [0.4, 0.5) is 0 Å². The Morgan fingerprint density at radius 3 is 2.09 bits per heavy atom. The van der Waals surface area contributed by atoms with E-state index in [4.69, 9.17) is 0 Å². The number of carbonyl (C=O) groups excluding carboxylic acids is 2. The summed E-state index contributed by atoms with van der Waals surface area (Å²) in [5.74, 6) is -0.0799. The van der Waals surface area contributed by atoms with Gasteiger partial charge in [0.2, 0.25) is 0 Å². The van der Waals surface area contributed by atoms with Gasteiger partial charge in [0.05, 0.1) is 0 Å². The third kappa shape index (κ3) is 2.56. The predicted molar refractivity (Wildman–Crippen MR) is 87.9 cm³/mol. The molecule has 0 amide bonds. The van der Waals surface area contributed by atoms with Crippen molar-refractivity contribution < 1.29 is 9.59 Å². The van der Waals surface area contributed by atoms with Crippen LogP contribution in [-0.4, -0.2) is 11.6 Å². The molecule has 0 aromatic heterocycles. The van der Waals surface area contributed by atoms with E-state index in [-0.39, 0.29) is 11.6 Å². The van der Waals surface area contributed by atoms with Gasteiger partial charge in [-0.2, -0.15) is 0 Å². The summed E-state index contributed by atoms with van der Waals surface area (Å²) in [6.07, 6.45) is 4.38. The van der Waals surface area contributed by atoms with Crippen molar-refractivity contribution in [3.63, 3.8) is 0 Å². The molecule has 0 fully saturated rings. The minimum Gasteiger partial charge on any atom is -0.289 e. The molecule has 0 N–H and O–H groups in total. The molecule has 0 aliphatic heterocycles. The topological polar surface area (TPSA) is 34.1 Å². The number of hydrogen-bond acceptors (Lipinski definition) is 2. The molecule has 0 radical (unpaired) electrons. The molecule has 2 aromatic carbocycles. The first-order chi connectivity index (χ1) is 10.7. The fourth-order valence-electron chi connectivity index (χ4n) is 2.67. The number of fused-ring (bicyclic) bond motifs is 1. The van der Waals surface area contributed by atoms with Gasteiger partial charge in [0.15, 0.2) is 11.6 Å². The third-order valence-corrected chi connectivity index (χ3v) is 3.92. The van der Waals surface area contributed by atoms with Gasteiger partial charge in [-0.3, -0.25) is 9.59 Å². The number of benzene rings is 2. The second-order valence-corrected chi connectivity index (χ2v) is 5.32. The Bertz CT molecular complexity index is 795. The van der Waals surface area contributed by atoms with E-state index in [9.17, 15) is 9.59 Å². The number of Topliss-reactive ketones (excluding diaryl/α,β-unsaturated/α-hetero) is 2. The van der Waals surface area contributed by atoms with E-state index in [0.29, 0.717) is 28.7 Å². The third-order valence-electron chi connectivity index (χ3n) is 3.92. The molecular formula is C20H16O2. The van der Waals surface area contributed by atoms with Crippen molar-refractivity contribution in [1.82, 2.24) is 0 Å². The first-order valence-electron chi connectivity index (χ1n) is 7.28. The van der Waals surface area contributed by atoms with Crippen molar-refractivity contribution in [2.24, 2.45) is 0 Å². The van der Waals surface area contributed by atoms with Crippen LogP contribution in [0.3, 0.4) is 0 Å². The SMILES string of the molecule is CC1=C(CC=Cc2ccccc2)C(=O)c2ccccc2C1=O. The molecule has 0 atom stereocenters. The summed E-state index contributed by atoms with van der Waals surface area (Å²) < 4.78 is 0. The summed E-state index contributed by atoms with van der Waals surface area (Å²) in [4.78, 5) is 24.9. The number of rotatable bonds is 3. The van der Waals surface area contributed by atoms with E-state index in [1.807, 2.05) is 42.5 Å². The van der Waals surface area contributed by atoms with Crippen LogP contribution in [0.1, 0.15) is 39.6 Å². The van der Waals surface area contributed by atoms with Gasteiger partial charge in [-0.05, 0) is 18.9 Å². The van der Waals surface area contributed by atoms with Crippen molar-refractivity contribution in [2.45, 2.75) is 13.3 Å². The van der Waals surface area contributed by atoms with Gasteiger partial charge in [0, 0.05) is 22.3 Å². The fraction of sp³-hybridized carbons (Fsp3) is 0.100. The predicted octanol–water partition coefficient (Wildman–Crippen LogP) is 4.49. The fourth-order valence-corrected chi connectivity index (χ4v) is 2.67. The maximum Gasteiger partial charge on any atom is 0.190 e. The summed E-state index contributed by atoms with van der Waals surface area (Å²) in [5, 5.41) is 0. The van der Waals surface area contributed by atoms with Crippen LogP contribution in [-0.2, 0) is 0 Å². The molecule has 0 unspecified atom stereocenters. The zero-order valence-electron chi connectivity index (χ0n) is 12.4. The molecule has 2 aromatic rings. The van der Waals surface area contributed by atoms with Gasteiger partial charge in [-0.25, -0.2) is 0 Å². The monoisotopic (exact) mass is 288 g/mol. The molecular weight excluding hydrogens is 272 g/mol. The second kappa shape index (κ2) is 5.94. The maximum absolute atomic E-state index is 12.6. The van der Waals surface area contributed by atoms with E-state index in [1.165, 1.54) is 0 Å². The summed E-state index contributed by atoms with van der Waals surface area (Å²) in [5.41, 5.74) is 3.26. The molecule has 0 saturated carbocycles. The first kappa shape index (κ1) is 14.2. The van der Waals surface area contributed by atoms with E-state index >= 15 is 0 Å². The normalized spacial score (nSPS) is 14.6. The second-order valence-electron chi connectivity index (χ2n) is 5.32. The molecule has 2 heteroatoms. The van der Waals surface area contributed by atoms with Crippen LogP contribution in [0.5, 0.6) is 0 Å². The zero-order chi connectivity index (χ0) is 15.5. The van der Waals surface area contributed by atoms with Crippen LogP contribution >= 0.6 is 0 Å². The van der Waals surface area contributed by atoms with Crippen molar-refractivity contribution in [3.05, 3.63) is 88.5 Å². The quantitative estimate of drug-likeness (QED) is 0.834. The van der Waals surface area contributed by atoms with E-state index in [0.717, 1.165) is 5.56 Å². The Morgan fingerprint density at radius 1 is 0.818 bits per heavy atom. The number of hydrogen-bond donors (Lipinski definition) is 0. The highest BCUT2D eigenvalue weighted by Gasteiger charge is 2.28. The lowest BCUT2D eigenvalue weighted by Crippen LogP contribution is -2.20. The van der Waals surface area contributed by atoms with Crippen molar-refractivity contribution in [2.75, 3.05) is 0 Å². The summed E-state index contributed by atoms with van der Waals surface area (Å²) in [7, 11) is 0. The Hall–Kier alpha value is -2.74. The lowest BCUT2D eigenvalue weighted by molar-refractivity contribution is 0.0973. The van der Waals surface area contributed by atoms with Crippen molar-refractivity contribution in [1.29, 1.82) is 0 Å². The Balaban J connectivity index is 1.88. The van der Waals surface area contributed by atoms with Crippen LogP contribution in [0, 0.1) is 0 Å². The molecule has 1 aliphatic rings. The first-order valence-corrected chi connectivity index (χ1v) is 7.28. The van der Waals surface area contributed by atoms with Gasteiger partial charge >= 0.3 is 0 Å². The lowest BCUT2D eigenvalue weighted by Gasteiger charge is -2.17. The molecule has 0 spiro atoms. The van der Waals surface area contributed by atoms with E-state index in [1.54, 1.807) is 31.2 Å². The highest BCUT2D eigenvalue weighted by Crippen LogP contribution is 2.28. The molecule has 2 nitrogen and oxygen atoms in total. The van der Waals surface area contributed by atoms with Gasteiger partial charge < -0.3 is 0 Å². The van der Waals surface area contributed by atoms with Gasteiger partial charge in [0.1, 0.15) is 0 Å². The van der Waals surface area contributed by atoms with Crippen LogP contribution in [0.2, 0.25) is 0 Å². The maximum atomic E-state index is 12.6. The Labute approximate surface area is 129 Å². The Morgan fingerprint density at radius 2 is 1.41 bits per heavy atom. The molecule has 0 bridgehead atoms.